The second-order valence-electron chi connectivity index (χ2n) is 14.2. The van der Waals surface area contributed by atoms with E-state index in [1.165, 1.54) is 31.2 Å². The predicted molar refractivity (Wildman–Crippen MR) is 147 cm³/mol. The van der Waals surface area contributed by atoms with Gasteiger partial charge in [-0.25, -0.2) is 0 Å². The summed E-state index contributed by atoms with van der Waals surface area (Å²) >= 11 is 0. The lowest BCUT2D eigenvalue weighted by Gasteiger charge is -2.52. The lowest BCUT2D eigenvalue weighted by atomic mass is 9.55. The number of rotatable bonds is 6. The van der Waals surface area contributed by atoms with Crippen molar-refractivity contribution < 1.29 is 13.3 Å². The number of benzene rings is 1. The first-order chi connectivity index (χ1) is 15.1. The Morgan fingerprint density at radius 3 is 2.12 bits per heavy atom. The lowest BCUT2D eigenvalue weighted by Crippen LogP contribution is -2.49. The number of hydrogen-bond acceptors (Lipinski definition) is 3. The summed E-state index contributed by atoms with van der Waals surface area (Å²) in [7, 11) is -4.84. The van der Waals surface area contributed by atoms with Crippen LogP contribution in [-0.2, 0) is 15.3 Å². The van der Waals surface area contributed by atoms with Crippen molar-refractivity contribution in [1.29, 1.82) is 0 Å². The van der Waals surface area contributed by atoms with Gasteiger partial charge in [0, 0.05) is 0 Å². The first kappa shape index (κ1) is 25.7. The summed E-state index contributed by atoms with van der Waals surface area (Å²) in [5, 5.41) is 0. The maximum atomic E-state index is 6.95. The van der Waals surface area contributed by atoms with E-state index < -0.39 is 25.0 Å². The zero-order valence-corrected chi connectivity index (χ0v) is 25.9. The smallest absolute Gasteiger partial charge is 0.242 e. The highest BCUT2D eigenvalue weighted by Gasteiger charge is 2.60. The molecule has 1 aromatic rings. The quantitative estimate of drug-likeness (QED) is 0.370. The molecule has 4 rings (SSSR count). The normalized spacial score (nSPS) is 34.4. The summed E-state index contributed by atoms with van der Waals surface area (Å²) in [6.45, 7) is 23.5. The highest BCUT2D eigenvalue weighted by molar-refractivity contribution is 6.70. The van der Waals surface area contributed by atoms with Crippen LogP contribution in [0.2, 0.25) is 58.9 Å². The highest BCUT2D eigenvalue weighted by atomic mass is 28.4. The zero-order valence-electron chi connectivity index (χ0n) is 22.9. The molecule has 6 heteroatoms. The van der Waals surface area contributed by atoms with E-state index in [-0.39, 0.29) is 5.41 Å². The largest absolute Gasteiger partial charge is 0.544 e. The SMILES string of the molecule is C[C@]12CC[C@@H]3c4ccc(O[Si](C)(C)C)cc4CC[C@H]3[C@@H]1[C@@H](O[Si](C)(C)C)C[C@@H]2O[Si](C)(C)C. The van der Waals surface area contributed by atoms with Crippen LogP contribution in [0.1, 0.15) is 49.7 Å². The van der Waals surface area contributed by atoms with Crippen LogP contribution in [0, 0.1) is 17.3 Å². The van der Waals surface area contributed by atoms with Gasteiger partial charge in [0.05, 0.1) is 12.2 Å². The summed E-state index contributed by atoms with van der Waals surface area (Å²) in [6.07, 6.45) is 6.78. The summed E-state index contributed by atoms with van der Waals surface area (Å²) in [5.74, 6) is 3.05. The maximum Gasteiger partial charge on any atom is 0.242 e. The molecule has 3 nitrogen and oxygen atoms in total. The molecule has 2 fully saturated rings. The Morgan fingerprint density at radius 1 is 0.848 bits per heavy atom. The second-order valence-corrected chi connectivity index (χ2v) is 27.5. The van der Waals surface area contributed by atoms with E-state index in [1.807, 2.05) is 0 Å². The van der Waals surface area contributed by atoms with Gasteiger partial charge in [-0.1, -0.05) is 13.0 Å². The Morgan fingerprint density at radius 2 is 1.52 bits per heavy atom. The molecule has 0 spiro atoms. The van der Waals surface area contributed by atoms with Crippen molar-refractivity contribution in [1.82, 2.24) is 0 Å². The van der Waals surface area contributed by atoms with Crippen molar-refractivity contribution in [2.24, 2.45) is 17.3 Å². The van der Waals surface area contributed by atoms with Crippen molar-refractivity contribution in [3.05, 3.63) is 29.3 Å². The third-order valence-electron chi connectivity index (χ3n) is 8.00. The van der Waals surface area contributed by atoms with Gasteiger partial charge in [-0.15, -0.1) is 0 Å². The van der Waals surface area contributed by atoms with Gasteiger partial charge in [-0.05, 0) is 137 Å². The molecule has 0 amide bonds. The molecule has 0 unspecified atom stereocenters. The third kappa shape index (κ3) is 5.55. The number of hydrogen-bond donors (Lipinski definition) is 0. The van der Waals surface area contributed by atoms with E-state index in [0.717, 1.165) is 12.2 Å². The minimum absolute atomic E-state index is 0.240. The highest BCUT2D eigenvalue weighted by Crippen LogP contribution is 2.62. The van der Waals surface area contributed by atoms with Gasteiger partial charge >= 0.3 is 0 Å². The Labute approximate surface area is 206 Å². The molecule has 0 aliphatic heterocycles. The summed E-state index contributed by atoms with van der Waals surface area (Å²) in [6, 6.07) is 7.01. The fourth-order valence-corrected chi connectivity index (χ4v) is 10.3. The molecule has 2 saturated carbocycles. The van der Waals surface area contributed by atoms with E-state index in [0.29, 0.717) is 30.0 Å². The fraction of sp³-hybridized carbons (Fsp3) is 0.778. The van der Waals surface area contributed by atoms with Crippen LogP contribution < -0.4 is 4.43 Å². The third-order valence-corrected chi connectivity index (χ3v) is 10.9. The van der Waals surface area contributed by atoms with E-state index in [1.54, 1.807) is 5.56 Å². The van der Waals surface area contributed by atoms with Crippen LogP contribution in [-0.4, -0.2) is 37.2 Å². The molecular formula is C27H48O3Si3. The Bertz CT molecular complexity index is 867. The molecule has 0 heterocycles. The average molecular weight is 505 g/mol. The predicted octanol–water partition coefficient (Wildman–Crippen LogP) is 7.81. The lowest BCUT2D eigenvalue weighted by molar-refractivity contribution is -0.0355. The van der Waals surface area contributed by atoms with E-state index in [4.69, 9.17) is 13.3 Å². The van der Waals surface area contributed by atoms with Gasteiger partial charge in [0.25, 0.3) is 0 Å². The second kappa shape index (κ2) is 8.61. The van der Waals surface area contributed by atoms with Gasteiger partial charge < -0.3 is 13.3 Å². The van der Waals surface area contributed by atoms with Crippen molar-refractivity contribution in [2.75, 3.05) is 0 Å². The zero-order chi connectivity index (χ0) is 24.4. The van der Waals surface area contributed by atoms with Crippen LogP contribution in [0.15, 0.2) is 18.2 Å². The molecule has 0 N–H and O–H groups in total. The number of aryl methyl sites for hydroxylation is 1. The van der Waals surface area contributed by atoms with Gasteiger partial charge in [0.2, 0.25) is 8.32 Å². The van der Waals surface area contributed by atoms with Crippen LogP contribution >= 0.6 is 0 Å². The van der Waals surface area contributed by atoms with E-state index in [9.17, 15) is 0 Å². The minimum Gasteiger partial charge on any atom is -0.544 e. The first-order valence-corrected chi connectivity index (χ1v) is 23.5. The van der Waals surface area contributed by atoms with Crippen molar-refractivity contribution in [3.63, 3.8) is 0 Å². The molecule has 0 aromatic heterocycles. The monoisotopic (exact) mass is 504 g/mol. The molecule has 0 saturated heterocycles. The Balaban J connectivity index is 1.65. The molecule has 3 aliphatic rings. The van der Waals surface area contributed by atoms with Crippen LogP contribution in [0.4, 0.5) is 0 Å². The molecular weight excluding hydrogens is 457 g/mol. The minimum atomic E-state index is -1.64. The fourth-order valence-electron chi connectivity index (χ4n) is 7.14. The first-order valence-electron chi connectivity index (χ1n) is 13.2. The topological polar surface area (TPSA) is 27.7 Å². The standard InChI is InChI=1S/C27H48O3Si3/c1-27-16-15-22-21-14-12-20(28-31(2,3)4)17-19(21)11-13-23(22)26(27)24(29-32(5,6)7)18-25(27)30-33(8,9)10/h12,14,17,22-26H,11,13,15-16,18H2,1-10H3/t22-,23-,24+,25+,26-,27-/m1/s1. The molecule has 3 aliphatic carbocycles. The molecule has 0 radical (unpaired) electrons. The van der Waals surface area contributed by atoms with Crippen molar-refractivity contribution in [3.8, 4) is 5.75 Å². The van der Waals surface area contributed by atoms with Gasteiger partial charge in [0.15, 0.2) is 16.6 Å². The van der Waals surface area contributed by atoms with E-state index >= 15 is 0 Å². The maximum absolute atomic E-state index is 6.95. The Kier molecular flexibility index (Phi) is 6.70. The molecule has 6 atom stereocenters. The van der Waals surface area contributed by atoms with Gasteiger partial charge in [0.1, 0.15) is 5.75 Å². The van der Waals surface area contributed by atoms with Crippen LogP contribution in [0.25, 0.3) is 0 Å². The van der Waals surface area contributed by atoms with Crippen molar-refractivity contribution >= 4 is 25.0 Å². The molecule has 33 heavy (non-hydrogen) atoms. The van der Waals surface area contributed by atoms with Crippen molar-refractivity contribution in [2.45, 2.75) is 116 Å². The Hall–Kier alpha value is -0.409. The molecule has 0 bridgehead atoms. The molecule has 1 aromatic carbocycles. The summed E-state index contributed by atoms with van der Waals surface area (Å²) in [5.41, 5.74) is 3.37. The van der Waals surface area contributed by atoms with Gasteiger partial charge in [-0.2, -0.15) is 0 Å². The average Bonchev–Trinajstić information content (AvgIpc) is 2.88. The number of fused-ring (bicyclic) bond motifs is 5. The van der Waals surface area contributed by atoms with Crippen LogP contribution in [0.5, 0.6) is 5.75 Å². The van der Waals surface area contributed by atoms with Gasteiger partial charge in [-0.3, -0.25) is 0 Å². The summed E-state index contributed by atoms with van der Waals surface area (Å²) in [4.78, 5) is 0. The summed E-state index contributed by atoms with van der Waals surface area (Å²) < 4.78 is 20.2. The molecule has 186 valence electrons. The van der Waals surface area contributed by atoms with E-state index in [2.05, 4.69) is 84.0 Å². The van der Waals surface area contributed by atoms with Crippen LogP contribution in [0.3, 0.4) is 0 Å².